The van der Waals surface area contributed by atoms with Crippen molar-refractivity contribution in [2.45, 2.75) is 32.4 Å². The molecule has 15 heavy (non-hydrogen) atoms. The highest BCUT2D eigenvalue weighted by atomic mass is 79.9. The minimum absolute atomic E-state index is 0.172. The monoisotopic (exact) mass is 271 g/mol. The van der Waals surface area contributed by atoms with Gasteiger partial charge in [0.25, 0.3) is 0 Å². The lowest BCUT2D eigenvalue weighted by Crippen LogP contribution is -2.27. The van der Waals surface area contributed by atoms with E-state index in [0.717, 1.165) is 22.5 Å². The number of halogens is 2. The van der Waals surface area contributed by atoms with E-state index in [2.05, 4.69) is 28.2 Å². The third-order valence-electron chi connectivity index (χ3n) is 2.95. The summed E-state index contributed by atoms with van der Waals surface area (Å²) >= 11 is 3.43. The van der Waals surface area contributed by atoms with Crippen LogP contribution in [-0.4, -0.2) is 6.04 Å². The molecular formula is C12H15BrFN. The van der Waals surface area contributed by atoms with E-state index in [-0.39, 0.29) is 5.82 Å². The maximum Gasteiger partial charge on any atom is 0.123 e. The van der Waals surface area contributed by atoms with Gasteiger partial charge >= 0.3 is 0 Å². The summed E-state index contributed by atoms with van der Waals surface area (Å²) in [7, 11) is 0. The molecule has 1 aliphatic rings. The van der Waals surface area contributed by atoms with Crippen LogP contribution in [0, 0.1) is 11.7 Å². The van der Waals surface area contributed by atoms with Gasteiger partial charge in [-0.2, -0.15) is 0 Å². The average molecular weight is 272 g/mol. The van der Waals surface area contributed by atoms with Crippen LogP contribution in [0.3, 0.4) is 0 Å². The summed E-state index contributed by atoms with van der Waals surface area (Å²) < 4.78 is 14.0. The molecule has 1 unspecified atom stereocenters. The fourth-order valence-electron chi connectivity index (χ4n) is 1.71. The van der Waals surface area contributed by atoms with Gasteiger partial charge in [-0.1, -0.05) is 15.9 Å². The Morgan fingerprint density at radius 1 is 1.53 bits per heavy atom. The maximum atomic E-state index is 13.0. The van der Waals surface area contributed by atoms with Crippen LogP contribution in [0.2, 0.25) is 0 Å². The molecule has 1 saturated carbocycles. The third kappa shape index (κ3) is 3.02. The van der Waals surface area contributed by atoms with E-state index in [0.29, 0.717) is 6.04 Å². The summed E-state index contributed by atoms with van der Waals surface area (Å²) in [6.45, 7) is 2.93. The van der Waals surface area contributed by atoms with Crippen LogP contribution in [0.25, 0.3) is 0 Å². The number of benzene rings is 1. The lowest BCUT2D eigenvalue weighted by atomic mass is 10.2. The Morgan fingerprint density at radius 3 is 2.93 bits per heavy atom. The standard InChI is InChI=1S/C12H15BrFN/c1-8(9-2-3-9)15-7-10-6-11(14)4-5-12(10)13/h4-6,8-9,15H,2-3,7H2,1H3. The quantitative estimate of drug-likeness (QED) is 0.884. The number of rotatable bonds is 4. The lowest BCUT2D eigenvalue weighted by molar-refractivity contribution is 0.494. The van der Waals surface area contributed by atoms with E-state index in [9.17, 15) is 4.39 Å². The van der Waals surface area contributed by atoms with Crippen molar-refractivity contribution in [3.05, 3.63) is 34.1 Å². The highest BCUT2D eigenvalue weighted by Crippen LogP contribution is 2.32. The van der Waals surface area contributed by atoms with E-state index >= 15 is 0 Å². The first-order chi connectivity index (χ1) is 7.16. The van der Waals surface area contributed by atoms with Crippen LogP contribution in [0.4, 0.5) is 4.39 Å². The predicted molar refractivity (Wildman–Crippen MR) is 63.1 cm³/mol. The average Bonchev–Trinajstić information content (AvgIpc) is 3.02. The van der Waals surface area contributed by atoms with Crippen molar-refractivity contribution in [1.82, 2.24) is 5.32 Å². The second-order valence-corrected chi connectivity index (χ2v) is 5.10. The number of nitrogens with one attached hydrogen (secondary N) is 1. The zero-order valence-electron chi connectivity index (χ0n) is 8.76. The highest BCUT2D eigenvalue weighted by Gasteiger charge is 2.27. The first-order valence-corrected chi connectivity index (χ1v) is 6.13. The number of hydrogen-bond donors (Lipinski definition) is 1. The summed E-state index contributed by atoms with van der Waals surface area (Å²) in [6.07, 6.45) is 2.66. The van der Waals surface area contributed by atoms with Crippen molar-refractivity contribution in [3.8, 4) is 0 Å². The summed E-state index contributed by atoms with van der Waals surface area (Å²) in [5, 5.41) is 3.43. The zero-order chi connectivity index (χ0) is 10.8. The van der Waals surface area contributed by atoms with E-state index in [1.54, 1.807) is 12.1 Å². The van der Waals surface area contributed by atoms with Gasteiger partial charge in [-0.25, -0.2) is 4.39 Å². The van der Waals surface area contributed by atoms with Crippen LogP contribution < -0.4 is 5.32 Å². The zero-order valence-corrected chi connectivity index (χ0v) is 10.3. The van der Waals surface area contributed by atoms with Gasteiger partial charge in [0.05, 0.1) is 0 Å². The molecule has 1 atom stereocenters. The molecule has 82 valence electrons. The first kappa shape index (κ1) is 11.1. The molecule has 0 bridgehead atoms. The van der Waals surface area contributed by atoms with Crippen molar-refractivity contribution in [1.29, 1.82) is 0 Å². The minimum Gasteiger partial charge on any atom is -0.310 e. The molecule has 1 nitrogen and oxygen atoms in total. The molecule has 1 aliphatic carbocycles. The topological polar surface area (TPSA) is 12.0 Å². The molecule has 3 heteroatoms. The molecule has 1 N–H and O–H groups in total. The van der Waals surface area contributed by atoms with Gasteiger partial charge in [0, 0.05) is 17.1 Å². The Morgan fingerprint density at radius 2 is 2.27 bits per heavy atom. The second kappa shape index (κ2) is 4.62. The molecule has 1 fully saturated rings. The van der Waals surface area contributed by atoms with Gasteiger partial charge in [0.15, 0.2) is 0 Å². The minimum atomic E-state index is -0.172. The summed E-state index contributed by atoms with van der Waals surface area (Å²) in [5.41, 5.74) is 0.988. The van der Waals surface area contributed by atoms with E-state index in [1.807, 2.05) is 0 Å². The molecule has 0 radical (unpaired) electrons. The predicted octanol–water partition coefficient (Wildman–Crippen LogP) is 3.48. The SMILES string of the molecule is CC(NCc1cc(F)ccc1Br)C1CC1. The molecule has 0 amide bonds. The fourth-order valence-corrected chi connectivity index (χ4v) is 2.10. The van der Waals surface area contributed by atoms with Crippen LogP contribution >= 0.6 is 15.9 Å². The van der Waals surface area contributed by atoms with Gasteiger partial charge in [0.1, 0.15) is 5.82 Å². The van der Waals surface area contributed by atoms with Crippen LogP contribution in [0.1, 0.15) is 25.3 Å². The van der Waals surface area contributed by atoms with Crippen LogP contribution in [-0.2, 0) is 6.54 Å². The van der Waals surface area contributed by atoms with E-state index in [4.69, 9.17) is 0 Å². The molecule has 0 aliphatic heterocycles. The van der Waals surface area contributed by atoms with E-state index < -0.39 is 0 Å². The maximum absolute atomic E-state index is 13.0. The van der Waals surface area contributed by atoms with Gasteiger partial charge in [-0.15, -0.1) is 0 Å². The summed E-state index contributed by atoms with van der Waals surface area (Å²) in [4.78, 5) is 0. The largest absolute Gasteiger partial charge is 0.310 e. The Kier molecular flexibility index (Phi) is 3.42. The molecule has 0 aromatic heterocycles. The summed E-state index contributed by atoms with van der Waals surface area (Å²) in [5.74, 6) is 0.659. The molecule has 1 aromatic rings. The molecular weight excluding hydrogens is 257 g/mol. The van der Waals surface area contributed by atoms with Crippen molar-refractivity contribution >= 4 is 15.9 Å². The molecule has 0 saturated heterocycles. The van der Waals surface area contributed by atoms with Crippen molar-refractivity contribution in [2.24, 2.45) is 5.92 Å². The van der Waals surface area contributed by atoms with E-state index in [1.165, 1.54) is 18.9 Å². The van der Waals surface area contributed by atoms with Crippen molar-refractivity contribution in [3.63, 3.8) is 0 Å². The van der Waals surface area contributed by atoms with Crippen molar-refractivity contribution in [2.75, 3.05) is 0 Å². The smallest absolute Gasteiger partial charge is 0.123 e. The van der Waals surface area contributed by atoms with Gasteiger partial charge < -0.3 is 5.32 Å². The van der Waals surface area contributed by atoms with Crippen LogP contribution in [0.5, 0.6) is 0 Å². The number of hydrogen-bond acceptors (Lipinski definition) is 1. The third-order valence-corrected chi connectivity index (χ3v) is 3.72. The Labute approximate surface area is 98.2 Å². The second-order valence-electron chi connectivity index (χ2n) is 4.24. The molecule has 2 rings (SSSR count). The Bertz CT molecular complexity index is 349. The lowest BCUT2D eigenvalue weighted by Gasteiger charge is -2.13. The van der Waals surface area contributed by atoms with Gasteiger partial charge in [0.2, 0.25) is 0 Å². The van der Waals surface area contributed by atoms with Gasteiger partial charge in [-0.05, 0) is 49.4 Å². The Balaban J connectivity index is 1.94. The first-order valence-electron chi connectivity index (χ1n) is 5.34. The molecule has 0 spiro atoms. The highest BCUT2D eigenvalue weighted by molar-refractivity contribution is 9.10. The normalized spacial score (nSPS) is 17.8. The van der Waals surface area contributed by atoms with Crippen molar-refractivity contribution < 1.29 is 4.39 Å². The fraction of sp³-hybridized carbons (Fsp3) is 0.500. The molecule has 1 aromatic carbocycles. The van der Waals surface area contributed by atoms with Gasteiger partial charge in [-0.3, -0.25) is 0 Å². The molecule has 0 heterocycles. The van der Waals surface area contributed by atoms with Crippen LogP contribution in [0.15, 0.2) is 22.7 Å². The Hall–Kier alpha value is -0.410. The summed E-state index contributed by atoms with van der Waals surface area (Å²) in [6, 6.07) is 5.35.